The molecule has 1 aliphatic heterocycles. The van der Waals surface area contributed by atoms with Crippen molar-refractivity contribution in [2.45, 2.75) is 18.4 Å². The Morgan fingerprint density at radius 2 is 1.90 bits per heavy atom. The van der Waals surface area contributed by atoms with Gasteiger partial charge in [0.15, 0.2) is 5.65 Å². The standard InChI is InChI=1S/C19H21ClFN5O2S/c1-13-16-9-14(11-22-19(16)24(2)23-13)12-25-5-7-26(8-6-25)29(27,28)15-3-4-18(21)17(20)10-15/h3-4,9-11H,5-8,12H2,1-2H3. The summed E-state index contributed by atoms with van der Waals surface area (Å²) in [6.45, 7) is 4.56. The lowest BCUT2D eigenvalue weighted by Gasteiger charge is -2.34. The zero-order valence-corrected chi connectivity index (χ0v) is 17.7. The molecule has 0 atom stereocenters. The maximum absolute atomic E-state index is 13.4. The van der Waals surface area contributed by atoms with E-state index >= 15 is 0 Å². The van der Waals surface area contributed by atoms with Gasteiger partial charge in [0.25, 0.3) is 0 Å². The van der Waals surface area contributed by atoms with E-state index in [0.717, 1.165) is 34.4 Å². The number of pyridine rings is 1. The Bertz CT molecular complexity index is 1170. The van der Waals surface area contributed by atoms with Crippen LogP contribution in [0.3, 0.4) is 0 Å². The highest BCUT2D eigenvalue weighted by molar-refractivity contribution is 7.89. The van der Waals surface area contributed by atoms with Crippen molar-refractivity contribution in [3.63, 3.8) is 0 Å². The Morgan fingerprint density at radius 1 is 1.17 bits per heavy atom. The second kappa shape index (κ2) is 7.64. The molecule has 2 aromatic heterocycles. The first kappa shape index (κ1) is 20.2. The number of aromatic nitrogens is 3. The van der Waals surface area contributed by atoms with E-state index in [9.17, 15) is 12.8 Å². The molecular formula is C19H21ClFN5O2S. The molecule has 0 bridgehead atoms. The van der Waals surface area contributed by atoms with Gasteiger partial charge in [-0.25, -0.2) is 17.8 Å². The largest absolute Gasteiger partial charge is 0.296 e. The quantitative estimate of drug-likeness (QED) is 0.627. The van der Waals surface area contributed by atoms with Crippen LogP contribution in [-0.2, 0) is 23.6 Å². The van der Waals surface area contributed by atoms with Gasteiger partial charge in [-0.2, -0.15) is 9.40 Å². The molecule has 1 aromatic carbocycles. The molecule has 0 amide bonds. The lowest BCUT2D eigenvalue weighted by Crippen LogP contribution is -2.48. The summed E-state index contributed by atoms with van der Waals surface area (Å²) in [6, 6.07) is 5.58. The van der Waals surface area contributed by atoms with E-state index in [4.69, 9.17) is 11.6 Å². The van der Waals surface area contributed by atoms with E-state index in [0.29, 0.717) is 32.7 Å². The van der Waals surface area contributed by atoms with Gasteiger partial charge in [0.1, 0.15) is 5.82 Å². The van der Waals surface area contributed by atoms with Crippen LogP contribution >= 0.6 is 11.6 Å². The molecule has 0 radical (unpaired) electrons. The van der Waals surface area contributed by atoms with Gasteiger partial charge >= 0.3 is 0 Å². The maximum atomic E-state index is 13.4. The number of hydrogen-bond acceptors (Lipinski definition) is 5. The van der Waals surface area contributed by atoms with Crippen LogP contribution in [-0.4, -0.2) is 58.6 Å². The van der Waals surface area contributed by atoms with Crippen molar-refractivity contribution in [2.75, 3.05) is 26.2 Å². The Hall–Kier alpha value is -2.07. The zero-order chi connectivity index (χ0) is 20.8. The molecule has 4 rings (SSSR count). The van der Waals surface area contributed by atoms with Crippen molar-refractivity contribution in [3.8, 4) is 0 Å². The Kier molecular flexibility index (Phi) is 5.32. The summed E-state index contributed by atoms with van der Waals surface area (Å²) >= 11 is 5.75. The number of benzene rings is 1. The SMILES string of the molecule is Cc1nn(C)c2ncc(CN3CCN(S(=O)(=O)c4ccc(F)c(Cl)c4)CC3)cc12. The average molecular weight is 438 g/mol. The molecule has 1 aliphatic rings. The number of hydrogen-bond donors (Lipinski definition) is 0. The normalized spacial score (nSPS) is 16.6. The highest BCUT2D eigenvalue weighted by Gasteiger charge is 2.29. The van der Waals surface area contributed by atoms with Gasteiger partial charge in [-0.15, -0.1) is 0 Å². The number of rotatable bonds is 4. The fraction of sp³-hybridized carbons (Fsp3) is 0.368. The van der Waals surface area contributed by atoms with Crippen molar-refractivity contribution in [2.24, 2.45) is 7.05 Å². The molecule has 29 heavy (non-hydrogen) atoms. The van der Waals surface area contributed by atoms with Crippen LogP contribution in [0.2, 0.25) is 5.02 Å². The topological polar surface area (TPSA) is 71.3 Å². The fourth-order valence-corrected chi connectivity index (χ4v) is 5.30. The number of nitrogens with zero attached hydrogens (tertiary/aromatic N) is 5. The maximum Gasteiger partial charge on any atom is 0.243 e. The molecule has 0 spiro atoms. The summed E-state index contributed by atoms with van der Waals surface area (Å²) in [5, 5.41) is 5.22. The molecule has 1 saturated heterocycles. The summed E-state index contributed by atoms with van der Waals surface area (Å²) in [5.41, 5.74) is 2.85. The van der Waals surface area contributed by atoms with Crippen LogP contribution in [0, 0.1) is 12.7 Å². The van der Waals surface area contributed by atoms with Crippen LogP contribution < -0.4 is 0 Å². The van der Waals surface area contributed by atoms with Crippen molar-refractivity contribution >= 4 is 32.7 Å². The summed E-state index contributed by atoms with van der Waals surface area (Å²) in [7, 11) is -1.83. The number of piperazine rings is 1. The highest BCUT2D eigenvalue weighted by atomic mass is 35.5. The van der Waals surface area contributed by atoms with E-state index in [2.05, 4.69) is 21.0 Å². The van der Waals surface area contributed by atoms with Gasteiger partial charge in [-0.3, -0.25) is 9.58 Å². The van der Waals surface area contributed by atoms with Gasteiger partial charge in [0, 0.05) is 51.4 Å². The van der Waals surface area contributed by atoms with Gasteiger partial charge in [-0.1, -0.05) is 11.6 Å². The monoisotopic (exact) mass is 437 g/mol. The first-order valence-corrected chi connectivity index (χ1v) is 11.0. The van der Waals surface area contributed by atoms with E-state index in [-0.39, 0.29) is 9.92 Å². The van der Waals surface area contributed by atoms with Crippen molar-refractivity contribution in [1.29, 1.82) is 0 Å². The summed E-state index contributed by atoms with van der Waals surface area (Å²) < 4.78 is 42.2. The lowest BCUT2D eigenvalue weighted by molar-refractivity contribution is 0.181. The minimum atomic E-state index is -3.70. The third-order valence-corrected chi connectivity index (χ3v) is 7.37. The molecule has 0 aliphatic carbocycles. The van der Waals surface area contributed by atoms with Crippen LogP contribution in [0.4, 0.5) is 4.39 Å². The van der Waals surface area contributed by atoms with Crippen LogP contribution in [0.15, 0.2) is 35.4 Å². The van der Waals surface area contributed by atoms with Gasteiger partial charge in [0.2, 0.25) is 10.0 Å². The summed E-state index contributed by atoms with van der Waals surface area (Å²) in [6.07, 6.45) is 1.84. The van der Waals surface area contributed by atoms with Gasteiger partial charge in [-0.05, 0) is 36.8 Å². The first-order chi connectivity index (χ1) is 13.8. The highest BCUT2D eigenvalue weighted by Crippen LogP contribution is 2.24. The lowest BCUT2D eigenvalue weighted by atomic mass is 10.2. The van der Waals surface area contributed by atoms with Gasteiger partial charge in [0.05, 0.1) is 15.6 Å². The smallest absolute Gasteiger partial charge is 0.243 e. The minimum absolute atomic E-state index is 0.0130. The second-order valence-corrected chi connectivity index (χ2v) is 9.53. The molecular weight excluding hydrogens is 417 g/mol. The van der Waals surface area contributed by atoms with Gasteiger partial charge < -0.3 is 0 Å². The predicted molar refractivity (Wildman–Crippen MR) is 109 cm³/mol. The fourth-order valence-electron chi connectivity index (χ4n) is 3.61. The first-order valence-electron chi connectivity index (χ1n) is 9.21. The Balaban J connectivity index is 1.44. The molecule has 3 aromatic rings. The van der Waals surface area contributed by atoms with Crippen LogP contribution in [0.25, 0.3) is 11.0 Å². The van der Waals surface area contributed by atoms with Crippen LogP contribution in [0.5, 0.6) is 0 Å². The average Bonchev–Trinajstić information content (AvgIpc) is 2.98. The summed E-state index contributed by atoms with van der Waals surface area (Å²) in [5.74, 6) is -0.634. The third kappa shape index (κ3) is 3.87. The molecule has 154 valence electrons. The van der Waals surface area contributed by atoms with Crippen molar-refractivity contribution < 1.29 is 12.8 Å². The van der Waals surface area contributed by atoms with Crippen molar-refractivity contribution in [1.82, 2.24) is 24.0 Å². The van der Waals surface area contributed by atoms with Crippen LogP contribution in [0.1, 0.15) is 11.3 Å². The molecule has 3 heterocycles. The number of aryl methyl sites for hydroxylation is 2. The molecule has 0 saturated carbocycles. The number of sulfonamides is 1. The van der Waals surface area contributed by atoms with E-state index in [1.165, 1.54) is 10.4 Å². The molecule has 0 unspecified atom stereocenters. The molecule has 10 heteroatoms. The van der Waals surface area contributed by atoms with E-state index in [1.807, 2.05) is 20.2 Å². The Labute approximate surface area is 173 Å². The van der Waals surface area contributed by atoms with Crippen molar-refractivity contribution in [3.05, 3.63) is 52.6 Å². The third-order valence-electron chi connectivity index (χ3n) is 5.19. The minimum Gasteiger partial charge on any atom is -0.296 e. The summed E-state index contributed by atoms with van der Waals surface area (Å²) in [4.78, 5) is 6.71. The Morgan fingerprint density at radius 3 is 2.59 bits per heavy atom. The molecule has 7 nitrogen and oxygen atoms in total. The number of halogens is 2. The number of fused-ring (bicyclic) bond motifs is 1. The molecule has 1 fully saturated rings. The molecule has 0 N–H and O–H groups in total. The van der Waals surface area contributed by atoms with E-state index < -0.39 is 15.8 Å². The second-order valence-electron chi connectivity index (χ2n) is 7.18. The predicted octanol–water partition coefficient (Wildman–Crippen LogP) is 2.58. The zero-order valence-electron chi connectivity index (χ0n) is 16.1. The van der Waals surface area contributed by atoms with E-state index in [1.54, 1.807) is 4.68 Å².